The van der Waals surface area contributed by atoms with Gasteiger partial charge < -0.3 is 11.1 Å². The van der Waals surface area contributed by atoms with Crippen molar-refractivity contribution < 1.29 is 14.0 Å². The molecule has 0 saturated heterocycles. The largest absolute Gasteiger partial charge is 0.366 e. The average molecular weight is 238 g/mol. The lowest BCUT2D eigenvalue weighted by Gasteiger charge is -2.17. The van der Waals surface area contributed by atoms with Crippen LogP contribution in [-0.4, -0.2) is 11.8 Å². The summed E-state index contributed by atoms with van der Waals surface area (Å²) in [5, 5.41) is 2.59. The molecule has 4 nitrogen and oxygen atoms in total. The van der Waals surface area contributed by atoms with E-state index in [-0.39, 0.29) is 11.5 Å². The lowest BCUT2D eigenvalue weighted by Crippen LogP contribution is -2.27. The Morgan fingerprint density at radius 3 is 2.35 bits per heavy atom. The molecule has 0 heterocycles. The van der Waals surface area contributed by atoms with Gasteiger partial charge in [0.05, 0.1) is 5.56 Å². The third kappa shape index (κ3) is 3.27. The van der Waals surface area contributed by atoms with Gasteiger partial charge in [-0.3, -0.25) is 9.59 Å². The molecule has 5 heteroatoms. The molecule has 1 rings (SSSR count). The first kappa shape index (κ1) is 13.2. The SMILES string of the molecule is CC(C)(C)C(=O)Nc1ccc(F)c(C(N)=O)c1. The van der Waals surface area contributed by atoms with E-state index in [1.165, 1.54) is 12.1 Å². The average Bonchev–Trinajstić information content (AvgIpc) is 2.19. The second kappa shape index (κ2) is 4.53. The first-order valence-corrected chi connectivity index (χ1v) is 5.12. The summed E-state index contributed by atoms with van der Waals surface area (Å²) in [5.74, 6) is -1.79. The van der Waals surface area contributed by atoms with E-state index in [9.17, 15) is 14.0 Å². The fourth-order valence-electron chi connectivity index (χ4n) is 1.11. The van der Waals surface area contributed by atoms with Crippen LogP contribution in [0.2, 0.25) is 0 Å². The van der Waals surface area contributed by atoms with Crippen molar-refractivity contribution in [1.29, 1.82) is 0 Å². The fourth-order valence-corrected chi connectivity index (χ4v) is 1.11. The molecule has 0 aromatic heterocycles. The molecule has 0 unspecified atom stereocenters. The van der Waals surface area contributed by atoms with Crippen LogP contribution >= 0.6 is 0 Å². The van der Waals surface area contributed by atoms with E-state index in [4.69, 9.17) is 5.73 Å². The van der Waals surface area contributed by atoms with Crippen molar-refractivity contribution in [2.45, 2.75) is 20.8 Å². The van der Waals surface area contributed by atoms with Crippen molar-refractivity contribution in [3.8, 4) is 0 Å². The van der Waals surface area contributed by atoms with Crippen LogP contribution in [0.3, 0.4) is 0 Å². The quantitative estimate of drug-likeness (QED) is 0.826. The predicted molar refractivity (Wildman–Crippen MR) is 63.0 cm³/mol. The number of rotatable bonds is 2. The summed E-state index contributed by atoms with van der Waals surface area (Å²) in [7, 11) is 0. The van der Waals surface area contributed by atoms with Crippen molar-refractivity contribution in [1.82, 2.24) is 0 Å². The molecule has 1 aromatic rings. The number of carbonyl (C=O) groups excluding carboxylic acids is 2. The molecule has 0 spiro atoms. The van der Waals surface area contributed by atoms with Crippen molar-refractivity contribution in [2.75, 3.05) is 5.32 Å². The van der Waals surface area contributed by atoms with Crippen LogP contribution < -0.4 is 11.1 Å². The highest BCUT2D eigenvalue weighted by Crippen LogP contribution is 2.19. The van der Waals surface area contributed by atoms with Gasteiger partial charge in [0.15, 0.2) is 0 Å². The summed E-state index contributed by atoms with van der Waals surface area (Å²) >= 11 is 0. The maximum Gasteiger partial charge on any atom is 0.251 e. The standard InChI is InChI=1S/C12H15FN2O2/c1-12(2,3)11(17)15-7-4-5-9(13)8(6-7)10(14)16/h4-6H,1-3H3,(H2,14,16)(H,15,17). The third-order valence-electron chi connectivity index (χ3n) is 2.17. The summed E-state index contributed by atoms with van der Waals surface area (Å²) in [4.78, 5) is 22.6. The zero-order valence-corrected chi connectivity index (χ0v) is 10.0. The Labute approximate surface area is 99.0 Å². The van der Waals surface area contributed by atoms with Gasteiger partial charge in [-0.05, 0) is 18.2 Å². The minimum Gasteiger partial charge on any atom is -0.366 e. The Hall–Kier alpha value is -1.91. The molecule has 0 radical (unpaired) electrons. The maximum absolute atomic E-state index is 13.2. The highest BCUT2D eigenvalue weighted by molar-refractivity contribution is 5.97. The number of anilines is 1. The fraction of sp³-hybridized carbons (Fsp3) is 0.333. The van der Waals surface area contributed by atoms with Gasteiger partial charge in [0.1, 0.15) is 5.82 Å². The van der Waals surface area contributed by atoms with Gasteiger partial charge in [0, 0.05) is 11.1 Å². The molecule has 0 atom stereocenters. The summed E-state index contributed by atoms with van der Waals surface area (Å²) in [5.41, 5.74) is 4.55. The van der Waals surface area contributed by atoms with Crippen molar-refractivity contribution in [3.63, 3.8) is 0 Å². The highest BCUT2D eigenvalue weighted by atomic mass is 19.1. The van der Waals surface area contributed by atoms with E-state index in [2.05, 4.69) is 5.32 Å². The van der Waals surface area contributed by atoms with Crippen LogP contribution in [0.1, 0.15) is 31.1 Å². The lowest BCUT2D eigenvalue weighted by atomic mass is 9.95. The Balaban J connectivity index is 2.98. The van der Waals surface area contributed by atoms with Crippen LogP contribution in [-0.2, 0) is 4.79 Å². The number of nitrogens with two attached hydrogens (primary N) is 1. The van der Waals surface area contributed by atoms with E-state index in [0.717, 1.165) is 6.07 Å². The minimum absolute atomic E-state index is 0.223. The first-order valence-electron chi connectivity index (χ1n) is 5.12. The molecule has 17 heavy (non-hydrogen) atoms. The molecular formula is C12H15FN2O2. The summed E-state index contributed by atoms with van der Waals surface area (Å²) < 4.78 is 13.2. The second-order valence-corrected chi connectivity index (χ2v) is 4.76. The highest BCUT2D eigenvalue weighted by Gasteiger charge is 2.21. The monoisotopic (exact) mass is 238 g/mol. The Bertz CT molecular complexity index is 464. The predicted octanol–water partition coefficient (Wildman–Crippen LogP) is 1.91. The number of amides is 2. The Morgan fingerprint density at radius 2 is 1.88 bits per heavy atom. The van der Waals surface area contributed by atoms with Gasteiger partial charge in [-0.15, -0.1) is 0 Å². The van der Waals surface area contributed by atoms with Gasteiger partial charge >= 0.3 is 0 Å². The van der Waals surface area contributed by atoms with Crippen molar-refractivity contribution in [2.24, 2.45) is 11.1 Å². The van der Waals surface area contributed by atoms with E-state index in [0.29, 0.717) is 5.69 Å². The number of carbonyl (C=O) groups is 2. The Morgan fingerprint density at radius 1 is 1.29 bits per heavy atom. The number of nitrogens with one attached hydrogen (secondary N) is 1. The minimum atomic E-state index is -0.866. The summed E-state index contributed by atoms with van der Waals surface area (Å²) in [6.45, 7) is 5.25. The van der Waals surface area contributed by atoms with Gasteiger partial charge in [-0.2, -0.15) is 0 Å². The molecular weight excluding hydrogens is 223 g/mol. The topological polar surface area (TPSA) is 72.2 Å². The van der Waals surface area contributed by atoms with E-state index < -0.39 is 17.1 Å². The third-order valence-corrected chi connectivity index (χ3v) is 2.17. The molecule has 2 amide bonds. The smallest absolute Gasteiger partial charge is 0.251 e. The molecule has 1 aromatic carbocycles. The lowest BCUT2D eigenvalue weighted by molar-refractivity contribution is -0.123. The zero-order chi connectivity index (χ0) is 13.2. The van der Waals surface area contributed by atoms with E-state index in [1.807, 2.05) is 0 Å². The number of benzene rings is 1. The Kier molecular flexibility index (Phi) is 3.50. The van der Waals surface area contributed by atoms with Crippen LogP contribution in [0.25, 0.3) is 0 Å². The number of primary amides is 1. The van der Waals surface area contributed by atoms with Gasteiger partial charge in [-0.1, -0.05) is 20.8 Å². The van der Waals surface area contributed by atoms with E-state index in [1.54, 1.807) is 20.8 Å². The molecule has 0 aliphatic heterocycles. The second-order valence-electron chi connectivity index (χ2n) is 4.76. The molecule has 92 valence electrons. The maximum atomic E-state index is 13.2. The molecule has 0 aliphatic rings. The number of halogens is 1. The molecule has 0 fully saturated rings. The first-order chi connectivity index (χ1) is 7.71. The van der Waals surface area contributed by atoms with Gasteiger partial charge in [0.2, 0.25) is 5.91 Å². The van der Waals surface area contributed by atoms with Gasteiger partial charge in [0.25, 0.3) is 5.91 Å². The van der Waals surface area contributed by atoms with Crippen molar-refractivity contribution in [3.05, 3.63) is 29.6 Å². The van der Waals surface area contributed by atoms with Crippen LogP contribution in [0, 0.1) is 11.2 Å². The molecule has 0 aliphatic carbocycles. The van der Waals surface area contributed by atoms with Crippen molar-refractivity contribution >= 4 is 17.5 Å². The van der Waals surface area contributed by atoms with E-state index >= 15 is 0 Å². The zero-order valence-electron chi connectivity index (χ0n) is 10.0. The van der Waals surface area contributed by atoms with Gasteiger partial charge in [-0.25, -0.2) is 4.39 Å². The summed E-state index contributed by atoms with van der Waals surface area (Å²) in [6, 6.07) is 3.70. The number of hydrogen-bond donors (Lipinski definition) is 2. The van der Waals surface area contributed by atoms with Crippen LogP contribution in [0.5, 0.6) is 0 Å². The normalized spacial score (nSPS) is 11.1. The molecule has 3 N–H and O–H groups in total. The number of hydrogen-bond acceptors (Lipinski definition) is 2. The molecule has 0 bridgehead atoms. The summed E-state index contributed by atoms with van der Waals surface area (Å²) in [6.07, 6.45) is 0. The molecule has 0 saturated carbocycles. The van der Waals surface area contributed by atoms with Crippen LogP contribution in [0.15, 0.2) is 18.2 Å². The van der Waals surface area contributed by atoms with Crippen LogP contribution in [0.4, 0.5) is 10.1 Å².